The molecule has 0 saturated carbocycles. The Balaban J connectivity index is 1.19. The van der Waals surface area contributed by atoms with E-state index in [4.69, 9.17) is 56.8 Å². The fraction of sp³-hybridized carbons (Fsp3) is 0.588. The average molecular weight is 679 g/mol. The van der Waals surface area contributed by atoms with E-state index in [-0.39, 0.29) is 26.1 Å². The fourth-order valence-electron chi connectivity index (χ4n) is 4.35. The number of rotatable bonds is 7. The summed E-state index contributed by atoms with van der Waals surface area (Å²) < 4.78 is 67.0. The zero-order chi connectivity index (χ0) is 33.5. The molecule has 266 valence electrons. The van der Waals surface area contributed by atoms with Gasteiger partial charge in [-0.15, -0.1) is 0 Å². The summed E-state index contributed by atoms with van der Waals surface area (Å²) in [6.45, 7) is 6.68. The predicted molar refractivity (Wildman–Crippen MR) is 169 cm³/mol. The molecule has 14 heteroatoms. The molecular formula is C34H46O14. The molecule has 14 nitrogen and oxygen atoms in total. The van der Waals surface area contributed by atoms with Crippen molar-refractivity contribution in [2.24, 2.45) is 0 Å². The predicted octanol–water partition coefficient (Wildman–Crippen LogP) is 2.90. The lowest BCUT2D eigenvalue weighted by Gasteiger charge is -2.15. The zero-order valence-corrected chi connectivity index (χ0v) is 27.3. The van der Waals surface area contributed by atoms with Crippen LogP contribution in [0.2, 0.25) is 0 Å². The Morgan fingerprint density at radius 2 is 0.708 bits per heavy atom. The molecule has 0 aromatic heterocycles. The van der Waals surface area contributed by atoms with E-state index in [1.165, 1.54) is 0 Å². The third-order valence-corrected chi connectivity index (χ3v) is 6.78. The summed E-state index contributed by atoms with van der Waals surface area (Å²) in [6, 6.07) is 10.6. The van der Waals surface area contributed by atoms with Crippen molar-refractivity contribution < 1.29 is 66.4 Å². The van der Waals surface area contributed by atoms with Gasteiger partial charge < -0.3 is 56.8 Å². The van der Waals surface area contributed by atoms with Crippen molar-refractivity contribution in [1.29, 1.82) is 0 Å². The number of carbonyl (C=O) groups excluding carboxylic acids is 2. The Kier molecular flexibility index (Phi) is 17.7. The highest BCUT2D eigenvalue weighted by Gasteiger charge is 2.14. The van der Waals surface area contributed by atoms with E-state index in [2.05, 4.69) is 0 Å². The highest BCUT2D eigenvalue weighted by molar-refractivity contribution is 5.77. The van der Waals surface area contributed by atoms with Crippen LogP contribution < -0.4 is 18.9 Å². The van der Waals surface area contributed by atoms with Crippen molar-refractivity contribution in [1.82, 2.24) is 0 Å². The number of carbonyl (C=O) groups is 2. The third-order valence-electron chi connectivity index (χ3n) is 6.78. The number of hydrogen-bond acceptors (Lipinski definition) is 14. The van der Waals surface area contributed by atoms with E-state index in [9.17, 15) is 9.59 Å². The van der Waals surface area contributed by atoms with Crippen LogP contribution in [0.15, 0.2) is 36.4 Å². The minimum atomic E-state index is -0.529. The monoisotopic (exact) mass is 678 g/mol. The van der Waals surface area contributed by atoms with E-state index in [0.717, 1.165) is 0 Å². The normalized spacial score (nSPS) is 17.8. The second-order valence-corrected chi connectivity index (χ2v) is 10.5. The molecule has 2 aliphatic heterocycles. The van der Waals surface area contributed by atoms with Gasteiger partial charge in [0.25, 0.3) is 0 Å². The van der Waals surface area contributed by atoms with Gasteiger partial charge in [-0.25, -0.2) is 0 Å². The van der Waals surface area contributed by atoms with Gasteiger partial charge in [0.15, 0.2) is 23.0 Å². The summed E-state index contributed by atoms with van der Waals surface area (Å²) >= 11 is 0. The molecule has 2 aromatic carbocycles. The molecule has 0 radical (unpaired) electrons. The first-order valence-electron chi connectivity index (χ1n) is 16.2. The maximum Gasteiger partial charge on any atom is 0.306 e. The Morgan fingerprint density at radius 3 is 1.04 bits per heavy atom. The van der Waals surface area contributed by atoms with Gasteiger partial charge in [0, 0.05) is 0 Å². The SMILES string of the molecule is O=C(CCC(=O)OCc1ccc2c(c1)OCCOCCOCCOCCO2)OCc1ccc2c(c1)OCCOCCOCCOCCO2. The lowest BCUT2D eigenvalue weighted by atomic mass is 10.2. The summed E-state index contributed by atoms with van der Waals surface area (Å²) in [7, 11) is 0. The van der Waals surface area contributed by atoms with Crippen LogP contribution in [0, 0.1) is 0 Å². The molecule has 0 amide bonds. The summed E-state index contributed by atoms with van der Waals surface area (Å²) in [5.74, 6) is 1.04. The number of esters is 2. The number of ether oxygens (including phenoxy) is 12. The van der Waals surface area contributed by atoms with Gasteiger partial charge in [-0.3, -0.25) is 9.59 Å². The van der Waals surface area contributed by atoms with Crippen molar-refractivity contribution in [3.05, 3.63) is 47.5 Å². The summed E-state index contributed by atoms with van der Waals surface area (Å²) in [5.41, 5.74) is 1.41. The minimum Gasteiger partial charge on any atom is -0.487 e. The summed E-state index contributed by atoms with van der Waals surface area (Å²) in [5, 5.41) is 0. The van der Waals surface area contributed by atoms with Crippen LogP contribution >= 0.6 is 0 Å². The van der Waals surface area contributed by atoms with Gasteiger partial charge in [0.2, 0.25) is 0 Å². The molecule has 0 N–H and O–H groups in total. The topological polar surface area (TPSA) is 145 Å². The third kappa shape index (κ3) is 15.0. The van der Waals surface area contributed by atoms with Gasteiger partial charge in [0.05, 0.1) is 92.1 Å². The molecular weight excluding hydrogens is 632 g/mol. The van der Waals surface area contributed by atoms with Crippen LogP contribution in [-0.2, 0) is 60.7 Å². The highest BCUT2D eigenvalue weighted by atomic mass is 16.6. The Hall–Kier alpha value is -3.66. The van der Waals surface area contributed by atoms with E-state index < -0.39 is 11.9 Å². The first-order valence-corrected chi connectivity index (χ1v) is 16.2. The molecule has 0 atom stereocenters. The van der Waals surface area contributed by atoms with Crippen molar-refractivity contribution in [3.8, 4) is 23.0 Å². The molecule has 0 aliphatic carbocycles. The largest absolute Gasteiger partial charge is 0.487 e. The van der Waals surface area contributed by atoms with Crippen molar-refractivity contribution in [2.45, 2.75) is 26.1 Å². The zero-order valence-electron chi connectivity index (χ0n) is 27.3. The smallest absolute Gasteiger partial charge is 0.306 e. The summed E-state index contributed by atoms with van der Waals surface area (Å²) in [4.78, 5) is 24.8. The second kappa shape index (κ2) is 22.8. The Morgan fingerprint density at radius 1 is 0.417 bits per heavy atom. The van der Waals surface area contributed by atoms with Crippen molar-refractivity contribution >= 4 is 11.9 Å². The number of hydrogen-bond donors (Lipinski definition) is 0. The molecule has 0 fully saturated rings. The number of fused-ring (bicyclic) bond motifs is 2. The average Bonchev–Trinajstić information content (AvgIpc) is 3.11. The molecule has 0 saturated heterocycles. The summed E-state index contributed by atoms with van der Waals surface area (Å²) in [6.07, 6.45) is -0.253. The Bertz CT molecular complexity index is 1130. The van der Waals surface area contributed by atoms with Crippen LogP contribution in [0.4, 0.5) is 0 Å². The molecule has 48 heavy (non-hydrogen) atoms. The standard InChI is InChI=1S/C34H46O14/c35-33(47-25-27-1-3-29-31(23-27)45-21-17-41-13-9-37-7-11-39-15-19-43-29)5-6-34(36)48-26-28-2-4-30-32(24-28)46-22-18-42-14-10-38-8-12-40-16-20-44-30/h1-4,23-24H,5-22,25-26H2. The Labute approximate surface area is 280 Å². The van der Waals surface area contributed by atoms with Gasteiger partial charge in [-0.2, -0.15) is 0 Å². The first-order chi connectivity index (χ1) is 23.7. The molecule has 4 rings (SSSR count). The van der Waals surface area contributed by atoms with Gasteiger partial charge in [-0.05, 0) is 35.4 Å². The van der Waals surface area contributed by atoms with Crippen LogP contribution in [0.3, 0.4) is 0 Å². The van der Waals surface area contributed by atoms with Crippen LogP contribution in [0.5, 0.6) is 23.0 Å². The van der Waals surface area contributed by atoms with E-state index in [1.807, 2.05) is 0 Å². The van der Waals surface area contributed by atoms with Crippen LogP contribution in [-0.4, -0.2) is 118 Å². The molecule has 0 bridgehead atoms. The molecule has 2 aromatic rings. The first kappa shape index (κ1) is 37.2. The van der Waals surface area contributed by atoms with Gasteiger partial charge >= 0.3 is 11.9 Å². The molecule has 2 heterocycles. The van der Waals surface area contributed by atoms with Crippen molar-refractivity contribution in [3.63, 3.8) is 0 Å². The van der Waals surface area contributed by atoms with Gasteiger partial charge in [0.1, 0.15) is 39.6 Å². The van der Waals surface area contributed by atoms with Crippen LogP contribution in [0.1, 0.15) is 24.0 Å². The highest BCUT2D eigenvalue weighted by Crippen LogP contribution is 2.30. The van der Waals surface area contributed by atoms with Crippen LogP contribution in [0.25, 0.3) is 0 Å². The molecule has 0 unspecified atom stereocenters. The molecule has 0 spiro atoms. The number of benzene rings is 2. The van der Waals surface area contributed by atoms with E-state index >= 15 is 0 Å². The second-order valence-electron chi connectivity index (χ2n) is 10.5. The van der Waals surface area contributed by atoms with E-state index in [1.54, 1.807) is 36.4 Å². The van der Waals surface area contributed by atoms with E-state index in [0.29, 0.717) is 140 Å². The lowest BCUT2D eigenvalue weighted by molar-refractivity contribution is -0.151. The quantitative estimate of drug-likeness (QED) is 0.396. The molecule has 2 aliphatic rings. The van der Waals surface area contributed by atoms with Gasteiger partial charge in [-0.1, -0.05) is 12.1 Å². The fourth-order valence-corrected chi connectivity index (χ4v) is 4.35. The van der Waals surface area contributed by atoms with Crippen molar-refractivity contribution in [2.75, 3.05) is 106 Å². The maximum absolute atomic E-state index is 12.4. The maximum atomic E-state index is 12.4. The minimum absolute atomic E-state index is 0.00358. The lowest BCUT2D eigenvalue weighted by Crippen LogP contribution is -2.13.